The molecule has 0 heterocycles. The fraction of sp³-hybridized carbons (Fsp3) is 0.300. The van der Waals surface area contributed by atoms with Gasteiger partial charge in [-0.1, -0.05) is 0 Å². The van der Waals surface area contributed by atoms with Gasteiger partial charge in [0.2, 0.25) is 0 Å². The lowest BCUT2D eigenvalue weighted by Crippen LogP contribution is -2.12. The zero-order chi connectivity index (χ0) is 11.7. The third-order valence-corrected chi connectivity index (χ3v) is 2.16. The Morgan fingerprint density at radius 1 is 1.00 bits per heavy atom. The minimum absolute atomic E-state index is 0.387. The number of hydrogen-bond acceptors (Lipinski definition) is 2. The Labute approximate surface area is 84.7 Å². The Morgan fingerprint density at radius 3 is 1.93 bits per heavy atom. The fourth-order valence-corrected chi connectivity index (χ4v) is 1.23. The van der Waals surface area contributed by atoms with Crippen LogP contribution in [0.3, 0.4) is 0 Å². The highest BCUT2D eigenvalue weighted by atomic mass is 19.2. The van der Waals surface area contributed by atoms with Crippen molar-refractivity contribution in [3.63, 3.8) is 0 Å². The first-order valence-corrected chi connectivity index (χ1v) is 4.13. The third-order valence-electron chi connectivity index (χ3n) is 2.16. The van der Waals surface area contributed by atoms with E-state index in [9.17, 15) is 18.0 Å². The van der Waals surface area contributed by atoms with Crippen molar-refractivity contribution in [3.05, 3.63) is 34.1 Å². The van der Waals surface area contributed by atoms with Crippen molar-refractivity contribution in [2.24, 2.45) is 0 Å². The zero-order valence-electron chi connectivity index (χ0n) is 8.45. The highest BCUT2D eigenvalue weighted by Crippen LogP contribution is 2.24. The Morgan fingerprint density at radius 2 is 1.47 bits per heavy atom. The summed E-state index contributed by atoms with van der Waals surface area (Å²) in [4.78, 5) is 11.1. The summed E-state index contributed by atoms with van der Waals surface area (Å²) in [5.74, 6) is -4.61. The summed E-state index contributed by atoms with van der Waals surface area (Å²) < 4.78 is 43.9. The van der Waals surface area contributed by atoms with Crippen molar-refractivity contribution < 1.29 is 22.7 Å². The largest absolute Gasteiger partial charge is 0.465 e. The standard InChI is InChI=1S/C10H9F3O2/c1-4-6(10(14)15-3)7(11)5(2)9(13)8(4)12/h1-3H3. The molecular formula is C10H9F3O2. The average molecular weight is 218 g/mol. The van der Waals surface area contributed by atoms with E-state index in [0.29, 0.717) is 0 Å². The molecule has 0 radical (unpaired) electrons. The molecule has 5 heteroatoms. The maximum atomic E-state index is 13.4. The summed E-state index contributed by atoms with van der Waals surface area (Å²) >= 11 is 0. The minimum Gasteiger partial charge on any atom is -0.465 e. The Kier molecular flexibility index (Phi) is 3.02. The normalized spacial score (nSPS) is 10.3. The highest BCUT2D eigenvalue weighted by Gasteiger charge is 2.24. The van der Waals surface area contributed by atoms with Crippen LogP contribution in [0.1, 0.15) is 21.5 Å². The number of ether oxygens (including phenoxy) is 1. The smallest absolute Gasteiger partial charge is 0.341 e. The van der Waals surface area contributed by atoms with E-state index >= 15 is 0 Å². The van der Waals surface area contributed by atoms with Gasteiger partial charge in [0.25, 0.3) is 0 Å². The molecule has 1 aromatic carbocycles. The first-order chi connectivity index (χ1) is 6.91. The minimum atomic E-state index is -1.28. The predicted octanol–water partition coefficient (Wildman–Crippen LogP) is 2.51. The van der Waals surface area contributed by atoms with E-state index in [-0.39, 0.29) is 5.56 Å². The number of carbonyl (C=O) groups excluding carboxylic acids is 1. The fourth-order valence-electron chi connectivity index (χ4n) is 1.23. The van der Waals surface area contributed by atoms with E-state index in [1.807, 2.05) is 0 Å². The molecule has 0 saturated carbocycles. The first-order valence-electron chi connectivity index (χ1n) is 4.13. The number of carbonyl (C=O) groups is 1. The number of halogens is 3. The van der Waals surface area contributed by atoms with Crippen LogP contribution in [0, 0.1) is 31.3 Å². The zero-order valence-corrected chi connectivity index (χ0v) is 8.45. The summed E-state index contributed by atoms with van der Waals surface area (Å²) in [5.41, 5.74) is -1.48. The van der Waals surface area contributed by atoms with E-state index < -0.39 is 34.5 Å². The molecule has 1 aromatic rings. The second-order valence-corrected chi connectivity index (χ2v) is 3.06. The van der Waals surface area contributed by atoms with Crippen LogP contribution in [-0.2, 0) is 4.74 Å². The molecule has 0 atom stereocenters. The summed E-state index contributed by atoms with van der Waals surface area (Å²) in [6, 6.07) is 0. The van der Waals surface area contributed by atoms with Gasteiger partial charge in [0.1, 0.15) is 11.4 Å². The molecule has 0 spiro atoms. The van der Waals surface area contributed by atoms with Gasteiger partial charge < -0.3 is 4.74 Å². The molecule has 2 nitrogen and oxygen atoms in total. The molecule has 0 aliphatic carbocycles. The molecule has 0 N–H and O–H groups in total. The summed E-state index contributed by atoms with van der Waals surface area (Å²) in [6.45, 7) is 2.17. The summed E-state index contributed by atoms with van der Waals surface area (Å²) in [6.07, 6.45) is 0. The van der Waals surface area contributed by atoms with Gasteiger partial charge >= 0.3 is 5.97 Å². The van der Waals surface area contributed by atoms with Crippen molar-refractivity contribution in [1.29, 1.82) is 0 Å². The maximum Gasteiger partial charge on any atom is 0.341 e. The Hall–Kier alpha value is -1.52. The third kappa shape index (κ3) is 1.69. The van der Waals surface area contributed by atoms with Crippen molar-refractivity contribution in [2.45, 2.75) is 13.8 Å². The number of methoxy groups -OCH3 is 1. The van der Waals surface area contributed by atoms with E-state index in [4.69, 9.17) is 0 Å². The molecule has 0 bridgehead atoms. The molecule has 0 aromatic heterocycles. The average Bonchev–Trinajstić information content (AvgIpc) is 2.23. The van der Waals surface area contributed by atoms with Crippen molar-refractivity contribution in [3.8, 4) is 0 Å². The van der Waals surface area contributed by atoms with Gasteiger partial charge in [-0.2, -0.15) is 0 Å². The second kappa shape index (κ2) is 3.92. The molecule has 0 aliphatic heterocycles. The number of benzene rings is 1. The molecule has 15 heavy (non-hydrogen) atoms. The molecule has 0 aliphatic rings. The molecule has 1 rings (SSSR count). The van der Waals surface area contributed by atoms with E-state index in [2.05, 4.69) is 4.74 Å². The van der Waals surface area contributed by atoms with Gasteiger partial charge in [0, 0.05) is 11.1 Å². The van der Waals surface area contributed by atoms with Crippen LogP contribution in [-0.4, -0.2) is 13.1 Å². The molecule has 0 saturated heterocycles. The van der Waals surface area contributed by atoms with Crippen LogP contribution in [0.5, 0.6) is 0 Å². The first kappa shape index (κ1) is 11.6. The number of hydrogen-bond donors (Lipinski definition) is 0. The molecule has 0 fully saturated rings. The highest BCUT2D eigenvalue weighted by molar-refractivity contribution is 5.91. The molecule has 82 valence electrons. The van der Waals surface area contributed by atoms with Gasteiger partial charge in [-0.3, -0.25) is 0 Å². The van der Waals surface area contributed by atoms with Crippen molar-refractivity contribution in [1.82, 2.24) is 0 Å². The summed E-state index contributed by atoms with van der Waals surface area (Å²) in [7, 11) is 1.04. The van der Waals surface area contributed by atoms with Crippen LogP contribution in [0.15, 0.2) is 0 Å². The maximum absolute atomic E-state index is 13.4. The second-order valence-electron chi connectivity index (χ2n) is 3.06. The van der Waals surface area contributed by atoms with Gasteiger partial charge in [-0.05, 0) is 13.8 Å². The molecule has 0 unspecified atom stereocenters. The lowest BCUT2D eigenvalue weighted by atomic mass is 10.0. The predicted molar refractivity (Wildman–Crippen MR) is 47.1 cm³/mol. The van der Waals surface area contributed by atoms with Crippen LogP contribution >= 0.6 is 0 Å². The van der Waals surface area contributed by atoms with Crippen LogP contribution < -0.4 is 0 Å². The number of esters is 1. The van der Waals surface area contributed by atoms with Gasteiger partial charge in [-0.15, -0.1) is 0 Å². The van der Waals surface area contributed by atoms with Crippen LogP contribution in [0.2, 0.25) is 0 Å². The van der Waals surface area contributed by atoms with E-state index in [1.54, 1.807) is 0 Å². The Bertz CT molecular complexity index is 398. The SMILES string of the molecule is COC(=O)c1c(C)c(F)c(F)c(C)c1F. The van der Waals surface area contributed by atoms with Crippen LogP contribution in [0.25, 0.3) is 0 Å². The van der Waals surface area contributed by atoms with Gasteiger partial charge in [0.15, 0.2) is 11.6 Å². The lowest BCUT2D eigenvalue weighted by Gasteiger charge is -2.09. The monoisotopic (exact) mass is 218 g/mol. The topological polar surface area (TPSA) is 26.3 Å². The van der Waals surface area contributed by atoms with E-state index in [1.165, 1.54) is 0 Å². The van der Waals surface area contributed by atoms with Crippen LogP contribution in [0.4, 0.5) is 13.2 Å². The molecular weight excluding hydrogens is 209 g/mol. The Balaban J connectivity index is 3.60. The quantitative estimate of drug-likeness (QED) is 0.534. The van der Waals surface area contributed by atoms with Crippen molar-refractivity contribution in [2.75, 3.05) is 7.11 Å². The molecule has 0 amide bonds. The summed E-state index contributed by atoms with van der Waals surface area (Å²) in [5, 5.41) is 0. The van der Waals surface area contributed by atoms with Crippen molar-refractivity contribution >= 4 is 5.97 Å². The van der Waals surface area contributed by atoms with E-state index in [0.717, 1.165) is 21.0 Å². The van der Waals surface area contributed by atoms with Gasteiger partial charge in [0.05, 0.1) is 7.11 Å². The lowest BCUT2D eigenvalue weighted by molar-refractivity contribution is 0.0593. The number of rotatable bonds is 1. The van der Waals surface area contributed by atoms with Gasteiger partial charge in [-0.25, -0.2) is 18.0 Å².